The fraction of sp³-hybridized carbons (Fsp3) is 0.750. The first kappa shape index (κ1) is 11.9. The van der Waals surface area contributed by atoms with Gasteiger partial charge < -0.3 is 10.6 Å². The second-order valence-electron chi connectivity index (χ2n) is 4.74. The Balaban J connectivity index is 2.14. The monoisotopic (exact) mass is 239 g/mol. The standard InChI is InChI=1S/C12H21N3S/c1-9-6-4-3-5-7-15(9)12-14-11(8-16-12)10(2)13/h8-10H,3-7,13H2,1-2H3. The van der Waals surface area contributed by atoms with E-state index in [1.807, 2.05) is 6.92 Å². The lowest BCUT2D eigenvalue weighted by Crippen LogP contribution is -2.32. The highest BCUT2D eigenvalue weighted by Crippen LogP contribution is 2.28. The molecule has 0 saturated carbocycles. The first-order chi connectivity index (χ1) is 7.68. The summed E-state index contributed by atoms with van der Waals surface area (Å²) < 4.78 is 0. The number of nitrogens with two attached hydrogens (primary N) is 1. The maximum absolute atomic E-state index is 5.85. The minimum Gasteiger partial charge on any atom is -0.345 e. The van der Waals surface area contributed by atoms with Gasteiger partial charge in [-0.2, -0.15) is 0 Å². The Bertz CT molecular complexity index is 335. The normalized spacial score (nSPS) is 24.2. The summed E-state index contributed by atoms with van der Waals surface area (Å²) in [7, 11) is 0. The number of rotatable bonds is 2. The summed E-state index contributed by atoms with van der Waals surface area (Å²) >= 11 is 1.73. The van der Waals surface area contributed by atoms with Crippen molar-refractivity contribution in [3.8, 4) is 0 Å². The number of nitrogens with zero attached hydrogens (tertiary/aromatic N) is 2. The molecule has 4 heteroatoms. The topological polar surface area (TPSA) is 42.1 Å². The number of thiazole rings is 1. The third-order valence-corrected chi connectivity index (χ3v) is 4.17. The summed E-state index contributed by atoms with van der Waals surface area (Å²) in [6.45, 7) is 5.44. The van der Waals surface area contributed by atoms with Crippen molar-refractivity contribution in [2.24, 2.45) is 5.73 Å². The predicted octanol–water partition coefficient (Wildman–Crippen LogP) is 2.93. The Hall–Kier alpha value is -0.610. The van der Waals surface area contributed by atoms with Gasteiger partial charge in [0, 0.05) is 24.0 Å². The van der Waals surface area contributed by atoms with Crippen molar-refractivity contribution in [2.75, 3.05) is 11.4 Å². The van der Waals surface area contributed by atoms with Gasteiger partial charge in [0.15, 0.2) is 5.13 Å². The highest BCUT2D eigenvalue weighted by molar-refractivity contribution is 7.13. The van der Waals surface area contributed by atoms with Crippen LogP contribution in [-0.4, -0.2) is 17.6 Å². The average molecular weight is 239 g/mol. The molecule has 1 aliphatic heterocycles. The summed E-state index contributed by atoms with van der Waals surface area (Å²) in [5.74, 6) is 0. The third-order valence-electron chi connectivity index (χ3n) is 3.28. The summed E-state index contributed by atoms with van der Waals surface area (Å²) in [5.41, 5.74) is 6.87. The van der Waals surface area contributed by atoms with E-state index in [1.54, 1.807) is 11.3 Å². The molecule has 0 radical (unpaired) electrons. The minimum atomic E-state index is 0.0484. The number of hydrogen-bond acceptors (Lipinski definition) is 4. The van der Waals surface area contributed by atoms with Crippen LogP contribution in [0.2, 0.25) is 0 Å². The Kier molecular flexibility index (Phi) is 3.82. The molecule has 0 amide bonds. The van der Waals surface area contributed by atoms with Gasteiger partial charge in [-0.3, -0.25) is 0 Å². The number of aromatic nitrogens is 1. The molecule has 90 valence electrons. The van der Waals surface area contributed by atoms with Crippen LogP contribution in [0.25, 0.3) is 0 Å². The van der Waals surface area contributed by atoms with Crippen molar-refractivity contribution in [1.82, 2.24) is 4.98 Å². The van der Waals surface area contributed by atoms with Gasteiger partial charge in [0.2, 0.25) is 0 Å². The van der Waals surface area contributed by atoms with Crippen molar-refractivity contribution >= 4 is 16.5 Å². The van der Waals surface area contributed by atoms with Crippen LogP contribution in [0.3, 0.4) is 0 Å². The highest BCUT2D eigenvalue weighted by Gasteiger charge is 2.20. The Morgan fingerprint density at radius 1 is 1.50 bits per heavy atom. The predicted molar refractivity (Wildman–Crippen MR) is 70.0 cm³/mol. The summed E-state index contributed by atoms with van der Waals surface area (Å²) in [6, 6.07) is 0.668. The van der Waals surface area contributed by atoms with Gasteiger partial charge in [0.05, 0.1) is 5.69 Å². The molecule has 16 heavy (non-hydrogen) atoms. The second-order valence-corrected chi connectivity index (χ2v) is 5.57. The van der Waals surface area contributed by atoms with Crippen LogP contribution in [0.15, 0.2) is 5.38 Å². The average Bonchev–Trinajstić information content (AvgIpc) is 2.63. The first-order valence-corrected chi connectivity index (χ1v) is 7.04. The minimum absolute atomic E-state index is 0.0484. The van der Waals surface area contributed by atoms with Crippen LogP contribution >= 0.6 is 11.3 Å². The van der Waals surface area contributed by atoms with E-state index >= 15 is 0 Å². The Morgan fingerprint density at radius 3 is 3.00 bits per heavy atom. The molecule has 3 nitrogen and oxygen atoms in total. The quantitative estimate of drug-likeness (QED) is 0.863. The molecule has 1 aromatic heterocycles. The van der Waals surface area contributed by atoms with E-state index < -0.39 is 0 Å². The van der Waals surface area contributed by atoms with Gasteiger partial charge in [-0.05, 0) is 26.7 Å². The van der Waals surface area contributed by atoms with Gasteiger partial charge in [0.25, 0.3) is 0 Å². The summed E-state index contributed by atoms with van der Waals surface area (Å²) in [5, 5.41) is 3.25. The van der Waals surface area contributed by atoms with Crippen LogP contribution in [0.4, 0.5) is 5.13 Å². The van der Waals surface area contributed by atoms with Crippen LogP contribution in [-0.2, 0) is 0 Å². The van der Waals surface area contributed by atoms with E-state index in [1.165, 1.54) is 25.7 Å². The van der Waals surface area contributed by atoms with Crippen LogP contribution < -0.4 is 10.6 Å². The Morgan fingerprint density at radius 2 is 2.31 bits per heavy atom. The molecule has 2 N–H and O–H groups in total. The molecule has 0 spiro atoms. The maximum Gasteiger partial charge on any atom is 0.185 e. The van der Waals surface area contributed by atoms with E-state index in [9.17, 15) is 0 Å². The molecule has 2 unspecified atom stereocenters. The molecule has 1 aliphatic rings. The lowest BCUT2D eigenvalue weighted by atomic mass is 10.1. The van der Waals surface area contributed by atoms with Gasteiger partial charge in [-0.1, -0.05) is 12.8 Å². The lowest BCUT2D eigenvalue weighted by Gasteiger charge is -2.26. The van der Waals surface area contributed by atoms with E-state index in [2.05, 4.69) is 22.2 Å². The van der Waals surface area contributed by atoms with E-state index in [0.717, 1.165) is 17.4 Å². The second kappa shape index (κ2) is 5.15. The molecule has 1 saturated heterocycles. The van der Waals surface area contributed by atoms with Crippen molar-refractivity contribution in [2.45, 2.75) is 51.6 Å². The summed E-state index contributed by atoms with van der Waals surface area (Å²) in [6.07, 6.45) is 5.28. The fourth-order valence-corrected chi connectivity index (χ4v) is 3.23. The fourth-order valence-electron chi connectivity index (χ4n) is 2.18. The van der Waals surface area contributed by atoms with Crippen molar-refractivity contribution in [1.29, 1.82) is 0 Å². The van der Waals surface area contributed by atoms with Crippen LogP contribution in [0.5, 0.6) is 0 Å². The van der Waals surface area contributed by atoms with Crippen LogP contribution in [0.1, 0.15) is 51.3 Å². The largest absolute Gasteiger partial charge is 0.345 e. The molecule has 2 rings (SSSR count). The maximum atomic E-state index is 5.85. The van der Waals surface area contributed by atoms with E-state index in [4.69, 9.17) is 5.73 Å². The van der Waals surface area contributed by atoms with Crippen LogP contribution in [0, 0.1) is 0 Å². The lowest BCUT2D eigenvalue weighted by molar-refractivity contribution is 0.613. The molecule has 0 bridgehead atoms. The first-order valence-electron chi connectivity index (χ1n) is 6.16. The zero-order chi connectivity index (χ0) is 11.5. The van der Waals surface area contributed by atoms with Gasteiger partial charge in [-0.15, -0.1) is 11.3 Å². The third kappa shape index (κ3) is 2.55. The van der Waals surface area contributed by atoms with Gasteiger partial charge in [0.1, 0.15) is 0 Å². The smallest absolute Gasteiger partial charge is 0.185 e. The number of hydrogen-bond donors (Lipinski definition) is 1. The Labute approximate surface area is 102 Å². The molecular weight excluding hydrogens is 218 g/mol. The van der Waals surface area contributed by atoms with E-state index in [0.29, 0.717) is 6.04 Å². The molecule has 0 aliphatic carbocycles. The van der Waals surface area contributed by atoms with Gasteiger partial charge in [-0.25, -0.2) is 4.98 Å². The molecular formula is C12H21N3S. The highest BCUT2D eigenvalue weighted by atomic mass is 32.1. The SMILES string of the molecule is CC(N)c1csc(N2CCCCCC2C)n1. The molecule has 2 atom stereocenters. The summed E-state index contributed by atoms with van der Waals surface area (Å²) in [4.78, 5) is 7.09. The van der Waals surface area contributed by atoms with Gasteiger partial charge >= 0.3 is 0 Å². The molecule has 1 fully saturated rings. The molecule has 2 heterocycles. The molecule has 0 aromatic carbocycles. The van der Waals surface area contributed by atoms with Crippen molar-refractivity contribution in [3.05, 3.63) is 11.1 Å². The zero-order valence-electron chi connectivity index (χ0n) is 10.1. The molecule has 1 aromatic rings. The number of anilines is 1. The van der Waals surface area contributed by atoms with Crippen molar-refractivity contribution in [3.63, 3.8) is 0 Å². The zero-order valence-corrected chi connectivity index (χ0v) is 11.0. The van der Waals surface area contributed by atoms with E-state index in [-0.39, 0.29) is 6.04 Å². The van der Waals surface area contributed by atoms with Crippen molar-refractivity contribution < 1.29 is 0 Å².